The summed E-state index contributed by atoms with van der Waals surface area (Å²) in [6.07, 6.45) is 0. The quantitative estimate of drug-likeness (QED) is 0.564. The lowest BCUT2D eigenvalue weighted by Crippen LogP contribution is -2.48. The van der Waals surface area contributed by atoms with Crippen LogP contribution < -0.4 is 5.32 Å². The van der Waals surface area contributed by atoms with Crippen molar-refractivity contribution >= 4 is 33.2 Å². The van der Waals surface area contributed by atoms with Crippen LogP contribution in [0.4, 0.5) is 5.69 Å². The van der Waals surface area contributed by atoms with Gasteiger partial charge in [-0.25, -0.2) is 8.42 Å². The SMILES string of the molecule is Cc1ccc(S(=O)(=O)N2CCN(Cc3cccc(C(=O)Nc4ccccc4Cl)c3)CC2)cc1. The number of nitrogens with one attached hydrogen (secondary N) is 1. The van der Waals surface area contributed by atoms with Crippen molar-refractivity contribution in [3.8, 4) is 0 Å². The number of hydrogen-bond donors (Lipinski definition) is 1. The Kier molecular flexibility index (Phi) is 7.14. The first-order valence-electron chi connectivity index (χ1n) is 10.8. The number of piperazine rings is 1. The van der Waals surface area contributed by atoms with E-state index in [0.717, 1.165) is 11.1 Å². The van der Waals surface area contributed by atoms with Crippen LogP contribution in [-0.2, 0) is 16.6 Å². The fourth-order valence-electron chi connectivity index (χ4n) is 3.81. The van der Waals surface area contributed by atoms with E-state index in [9.17, 15) is 13.2 Å². The van der Waals surface area contributed by atoms with Gasteiger partial charge in [0.25, 0.3) is 5.91 Å². The molecule has 1 aliphatic heterocycles. The first-order chi connectivity index (χ1) is 15.8. The fraction of sp³-hybridized carbons (Fsp3) is 0.240. The number of hydrogen-bond acceptors (Lipinski definition) is 4. The number of carbonyl (C=O) groups excluding carboxylic acids is 1. The van der Waals surface area contributed by atoms with Gasteiger partial charge in [0.05, 0.1) is 15.6 Å². The van der Waals surface area contributed by atoms with E-state index in [-0.39, 0.29) is 5.91 Å². The van der Waals surface area contributed by atoms with E-state index in [4.69, 9.17) is 11.6 Å². The maximum absolute atomic E-state index is 12.9. The van der Waals surface area contributed by atoms with Crippen LogP contribution in [0.15, 0.2) is 77.7 Å². The van der Waals surface area contributed by atoms with Gasteiger partial charge in [0, 0.05) is 38.3 Å². The lowest BCUT2D eigenvalue weighted by molar-refractivity contribution is 0.102. The van der Waals surface area contributed by atoms with Gasteiger partial charge in [-0.15, -0.1) is 0 Å². The molecule has 0 radical (unpaired) electrons. The first kappa shape index (κ1) is 23.4. The number of halogens is 1. The number of carbonyl (C=O) groups is 1. The summed E-state index contributed by atoms with van der Waals surface area (Å²) < 4.78 is 27.4. The average molecular weight is 484 g/mol. The Balaban J connectivity index is 1.36. The molecular formula is C25H26ClN3O3S. The molecule has 3 aromatic rings. The Labute approximate surface area is 199 Å². The number of rotatable bonds is 6. The second-order valence-electron chi connectivity index (χ2n) is 8.13. The highest BCUT2D eigenvalue weighted by molar-refractivity contribution is 7.89. The van der Waals surface area contributed by atoms with Crippen LogP contribution in [0.5, 0.6) is 0 Å². The maximum Gasteiger partial charge on any atom is 0.255 e. The van der Waals surface area contributed by atoms with Gasteiger partial charge in [0.15, 0.2) is 0 Å². The molecule has 0 bridgehead atoms. The van der Waals surface area contributed by atoms with Crippen molar-refractivity contribution in [1.82, 2.24) is 9.21 Å². The third-order valence-corrected chi connectivity index (χ3v) is 7.95. The molecule has 1 aliphatic rings. The minimum absolute atomic E-state index is 0.223. The highest BCUT2D eigenvalue weighted by Gasteiger charge is 2.28. The molecule has 1 fully saturated rings. The third-order valence-electron chi connectivity index (χ3n) is 5.71. The van der Waals surface area contributed by atoms with E-state index in [1.54, 1.807) is 34.6 Å². The summed E-state index contributed by atoms with van der Waals surface area (Å²) in [6.45, 7) is 4.70. The number of amides is 1. The second-order valence-corrected chi connectivity index (χ2v) is 10.5. The van der Waals surface area contributed by atoms with Crippen LogP contribution in [0.2, 0.25) is 5.02 Å². The van der Waals surface area contributed by atoms with E-state index < -0.39 is 10.0 Å². The molecule has 0 unspecified atom stereocenters. The second kappa shape index (κ2) is 10.1. The predicted molar refractivity (Wildman–Crippen MR) is 131 cm³/mol. The number of benzene rings is 3. The lowest BCUT2D eigenvalue weighted by atomic mass is 10.1. The zero-order valence-corrected chi connectivity index (χ0v) is 19.9. The van der Waals surface area contributed by atoms with Crippen molar-refractivity contribution in [3.05, 3.63) is 94.5 Å². The van der Waals surface area contributed by atoms with Crippen molar-refractivity contribution in [2.75, 3.05) is 31.5 Å². The molecule has 3 aromatic carbocycles. The van der Waals surface area contributed by atoms with Gasteiger partial charge in [0.2, 0.25) is 10.0 Å². The average Bonchev–Trinajstić information content (AvgIpc) is 2.81. The topological polar surface area (TPSA) is 69.7 Å². The summed E-state index contributed by atoms with van der Waals surface area (Å²) in [5.41, 5.74) is 3.15. The van der Waals surface area contributed by atoms with Crippen LogP contribution in [0.3, 0.4) is 0 Å². The summed E-state index contributed by atoms with van der Waals surface area (Å²) in [5.74, 6) is -0.223. The number of nitrogens with zero attached hydrogens (tertiary/aromatic N) is 2. The van der Waals surface area contributed by atoms with Crippen LogP contribution in [0.1, 0.15) is 21.5 Å². The molecule has 6 nitrogen and oxygen atoms in total. The smallest absolute Gasteiger partial charge is 0.255 e. The van der Waals surface area contributed by atoms with Crippen LogP contribution in [0, 0.1) is 6.92 Å². The zero-order valence-electron chi connectivity index (χ0n) is 18.4. The number of aryl methyl sites for hydroxylation is 1. The van der Waals surface area contributed by atoms with Crippen molar-refractivity contribution in [2.45, 2.75) is 18.4 Å². The molecule has 0 spiro atoms. The molecule has 0 atom stereocenters. The van der Waals surface area contributed by atoms with E-state index in [1.807, 2.05) is 49.4 Å². The molecule has 0 saturated carbocycles. The Bertz CT molecular complexity index is 1240. The Morgan fingerprint density at radius 3 is 2.33 bits per heavy atom. The minimum atomic E-state index is -3.48. The van der Waals surface area contributed by atoms with Gasteiger partial charge in [0.1, 0.15) is 0 Å². The molecule has 0 aliphatic carbocycles. The fourth-order valence-corrected chi connectivity index (χ4v) is 5.42. The molecule has 8 heteroatoms. The summed E-state index contributed by atoms with van der Waals surface area (Å²) in [7, 11) is -3.48. The van der Waals surface area contributed by atoms with Gasteiger partial charge >= 0.3 is 0 Å². The van der Waals surface area contributed by atoms with E-state index >= 15 is 0 Å². The molecule has 0 aromatic heterocycles. The zero-order chi connectivity index (χ0) is 23.4. The van der Waals surface area contributed by atoms with Crippen molar-refractivity contribution in [3.63, 3.8) is 0 Å². The van der Waals surface area contributed by atoms with Crippen LogP contribution in [0.25, 0.3) is 0 Å². The Morgan fingerprint density at radius 2 is 1.64 bits per heavy atom. The minimum Gasteiger partial charge on any atom is -0.321 e. The standard InChI is InChI=1S/C25H26ClN3O3S/c1-19-9-11-22(12-10-19)33(31,32)29-15-13-28(14-16-29)18-20-5-4-6-21(17-20)25(30)27-24-8-3-2-7-23(24)26/h2-12,17H,13-16,18H2,1H3,(H,27,30). The van der Waals surface area contributed by atoms with Crippen molar-refractivity contribution in [1.29, 1.82) is 0 Å². The van der Waals surface area contributed by atoms with Gasteiger partial charge < -0.3 is 5.32 Å². The van der Waals surface area contributed by atoms with E-state index in [2.05, 4.69) is 10.2 Å². The molecular weight excluding hydrogens is 458 g/mol. The lowest BCUT2D eigenvalue weighted by Gasteiger charge is -2.34. The van der Waals surface area contributed by atoms with Crippen LogP contribution in [-0.4, -0.2) is 49.7 Å². The first-order valence-corrected chi connectivity index (χ1v) is 12.6. The highest BCUT2D eigenvalue weighted by atomic mass is 35.5. The highest BCUT2D eigenvalue weighted by Crippen LogP contribution is 2.22. The molecule has 1 amide bonds. The predicted octanol–water partition coefficient (Wildman–Crippen LogP) is 4.41. The van der Waals surface area contributed by atoms with Gasteiger partial charge in [-0.05, 0) is 48.9 Å². The van der Waals surface area contributed by atoms with Gasteiger partial charge in [-0.2, -0.15) is 4.31 Å². The van der Waals surface area contributed by atoms with Crippen LogP contribution >= 0.6 is 11.6 Å². The molecule has 1 N–H and O–H groups in total. The monoisotopic (exact) mass is 483 g/mol. The van der Waals surface area contributed by atoms with Crippen molar-refractivity contribution < 1.29 is 13.2 Å². The van der Waals surface area contributed by atoms with E-state index in [1.165, 1.54) is 0 Å². The molecule has 172 valence electrons. The molecule has 1 saturated heterocycles. The summed E-state index contributed by atoms with van der Waals surface area (Å²) in [4.78, 5) is 15.2. The number of sulfonamides is 1. The number of anilines is 1. The molecule has 4 rings (SSSR count). The third kappa shape index (κ3) is 5.62. The Morgan fingerprint density at radius 1 is 0.939 bits per heavy atom. The Hall–Kier alpha value is -2.71. The van der Waals surface area contributed by atoms with Gasteiger partial charge in [-0.1, -0.05) is 53.6 Å². The van der Waals surface area contributed by atoms with Gasteiger partial charge in [-0.3, -0.25) is 9.69 Å². The summed E-state index contributed by atoms with van der Waals surface area (Å²) in [5, 5.41) is 3.33. The normalized spacial score (nSPS) is 15.3. The maximum atomic E-state index is 12.9. The van der Waals surface area contributed by atoms with Crippen molar-refractivity contribution in [2.24, 2.45) is 0 Å². The molecule has 1 heterocycles. The molecule has 33 heavy (non-hydrogen) atoms. The largest absolute Gasteiger partial charge is 0.321 e. The van der Waals surface area contributed by atoms with E-state index in [0.29, 0.717) is 53.9 Å². The summed E-state index contributed by atoms with van der Waals surface area (Å²) >= 11 is 6.14. The number of para-hydroxylation sites is 1. The summed E-state index contributed by atoms with van der Waals surface area (Å²) in [6, 6.07) is 21.5.